The van der Waals surface area contributed by atoms with Gasteiger partial charge in [-0.2, -0.15) is 0 Å². The van der Waals surface area contributed by atoms with E-state index in [1.54, 1.807) is 6.33 Å². The first kappa shape index (κ1) is 12.1. The second-order valence-electron chi connectivity index (χ2n) is 4.87. The topological polar surface area (TPSA) is 44.3 Å². The molecule has 1 fully saturated rings. The summed E-state index contributed by atoms with van der Waals surface area (Å²) in [4.78, 5) is 12.8. The van der Waals surface area contributed by atoms with Crippen LogP contribution in [0.1, 0.15) is 6.42 Å². The van der Waals surface area contributed by atoms with Gasteiger partial charge in [-0.15, -0.1) is 0 Å². The third kappa shape index (κ3) is 3.06. The Morgan fingerprint density at radius 2 is 2.06 bits per heavy atom. The highest BCUT2D eigenvalue weighted by Gasteiger charge is 2.17. The van der Waals surface area contributed by atoms with E-state index >= 15 is 0 Å². The van der Waals surface area contributed by atoms with Crippen molar-refractivity contribution >= 4 is 11.6 Å². The minimum Gasteiger partial charge on any atom is -0.363 e. The maximum absolute atomic E-state index is 4.33. The maximum atomic E-state index is 4.33. The van der Waals surface area contributed by atoms with Crippen molar-refractivity contribution in [3.63, 3.8) is 0 Å². The molecular formula is C12H21N5. The van der Waals surface area contributed by atoms with Gasteiger partial charge < -0.3 is 15.1 Å². The standard InChI is InChI=1S/C12H21N5/c1-16(2)11-6-12(15-9-14-11)17(3)8-10-4-5-13-7-10/h6,9-10,13H,4-5,7-8H2,1-3H3. The SMILES string of the molecule is CN(C)c1cc(N(C)CC2CCNC2)ncn1. The van der Waals surface area contributed by atoms with Crippen molar-refractivity contribution in [2.75, 3.05) is 50.6 Å². The highest BCUT2D eigenvalue weighted by atomic mass is 15.2. The highest BCUT2D eigenvalue weighted by molar-refractivity contribution is 5.48. The van der Waals surface area contributed by atoms with Crippen LogP contribution in [0.25, 0.3) is 0 Å². The summed E-state index contributed by atoms with van der Waals surface area (Å²) in [6, 6.07) is 2.03. The summed E-state index contributed by atoms with van der Waals surface area (Å²) in [5, 5.41) is 3.39. The molecule has 1 aliphatic heterocycles. The van der Waals surface area contributed by atoms with Crippen molar-refractivity contribution in [3.8, 4) is 0 Å². The predicted octanol–water partition coefficient (Wildman–Crippen LogP) is 0.588. The summed E-state index contributed by atoms with van der Waals surface area (Å²) in [6.07, 6.45) is 2.89. The Hall–Kier alpha value is -1.36. The smallest absolute Gasteiger partial charge is 0.133 e. The van der Waals surface area contributed by atoms with Gasteiger partial charge in [0.1, 0.15) is 18.0 Å². The minimum absolute atomic E-state index is 0.734. The molecule has 1 N–H and O–H groups in total. The maximum Gasteiger partial charge on any atom is 0.133 e. The van der Waals surface area contributed by atoms with Crippen LogP contribution in [0, 0.1) is 5.92 Å². The van der Waals surface area contributed by atoms with Gasteiger partial charge >= 0.3 is 0 Å². The molecule has 0 saturated carbocycles. The molecule has 5 heteroatoms. The van der Waals surface area contributed by atoms with Crippen molar-refractivity contribution in [2.45, 2.75) is 6.42 Å². The quantitative estimate of drug-likeness (QED) is 0.827. The molecule has 0 bridgehead atoms. The molecule has 94 valence electrons. The molecule has 0 spiro atoms. The third-order valence-corrected chi connectivity index (χ3v) is 3.18. The molecule has 1 saturated heterocycles. The minimum atomic E-state index is 0.734. The first-order chi connectivity index (χ1) is 8.16. The van der Waals surface area contributed by atoms with Crippen LogP contribution in [0.5, 0.6) is 0 Å². The number of rotatable bonds is 4. The molecule has 1 aliphatic rings. The number of hydrogen-bond donors (Lipinski definition) is 1. The molecule has 2 rings (SSSR count). The number of hydrogen-bond acceptors (Lipinski definition) is 5. The molecule has 0 aromatic carbocycles. The van der Waals surface area contributed by atoms with E-state index in [0.29, 0.717) is 0 Å². The molecule has 0 radical (unpaired) electrons. The first-order valence-electron chi connectivity index (χ1n) is 6.08. The van der Waals surface area contributed by atoms with E-state index in [1.807, 2.05) is 25.1 Å². The second-order valence-corrected chi connectivity index (χ2v) is 4.87. The zero-order chi connectivity index (χ0) is 12.3. The average molecular weight is 235 g/mol. The highest BCUT2D eigenvalue weighted by Crippen LogP contribution is 2.17. The monoisotopic (exact) mass is 235 g/mol. The van der Waals surface area contributed by atoms with Crippen LogP contribution in [-0.2, 0) is 0 Å². The summed E-state index contributed by atoms with van der Waals surface area (Å²) >= 11 is 0. The molecular weight excluding hydrogens is 214 g/mol. The number of anilines is 2. The normalized spacial score (nSPS) is 19.4. The Morgan fingerprint density at radius 3 is 2.71 bits per heavy atom. The van der Waals surface area contributed by atoms with Crippen molar-refractivity contribution in [2.24, 2.45) is 5.92 Å². The van der Waals surface area contributed by atoms with E-state index in [1.165, 1.54) is 6.42 Å². The molecule has 1 aromatic heterocycles. The Kier molecular flexibility index (Phi) is 3.78. The Labute approximate surface area is 103 Å². The van der Waals surface area contributed by atoms with Crippen LogP contribution in [0.3, 0.4) is 0 Å². The fourth-order valence-corrected chi connectivity index (χ4v) is 2.14. The van der Waals surface area contributed by atoms with E-state index < -0.39 is 0 Å². The summed E-state index contributed by atoms with van der Waals surface area (Å²) in [5.74, 6) is 2.68. The fraction of sp³-hybridized carbons (Fsp3) is 0.667. The van der Waals surface area contributed by atoms with Crippen molar-refractivity contribution in [1.29, 1.82) is 0 Å². The summed E-state index contributed by atoms with van der Waals surface area (Å²) in [7, 11) is 6.08. The lowest BCUT2D eigenvalue weighted by molar-refractivity contribution is 0.575. The lowest BCUT2D eigenvalue weighted by atomic mass is 10.1. The molecule has 2 heterocycles. The Balaban J connectivity index is 2.02. The van der Waals surface area contributed by atoms with Crippen molar-refractivity contribution < 1.29 is 0 Å². The van der Waals surface area contributed by atoms with E-state index in [-0.39, 0.29) is 0 Å². The Bertz CT molecular complexity index is 360. The van der Waals surface area contributed by atoms with Crippen molar-refractivity contribution in [3.05, 3.63) is 12.4 Å². The van der Waals surface area contributed by atoms with E-state index in [0.717, 1.165) is 37.2 Å². The largest absolute Gasteiger partial charge is 0.363 e. The molecule has 0 aliphatic carbocycles. The molecule has 1 aromatic rings. The zero-order valence-electron chi connectivity index (χ0n) is 10.8. The molecule has 1 atom stereocenters. The number of nitrogens with one attached hydrogen (secondary N) is 1. The summed E-state index contributed by atoms with van der Waals surface area (Å²) in [6.45, 7) is 3.32. The van der Waals surface area contributed by atoms with Gasteiger partial charge in [-0.25, -0.2) is 9.97 Å². The van der Waals surface area contributed by atoms with Crippen LogP contribution in [0.2, 0.25) is 0 Å². The van der Waals surface area contributed by atoms with Gasteiger partial charge in [0, 0.05) is 33.8 Å². The van der Waals surface area contributed by atoms with Gasteiger partial charge in [-0.05, 0) is 25.4 Å². The van der Waals surface area contributed by atoms with Crippen LogP contribution in [0.4, 0.5) is 11.6 Å². The van der Waals surface area contributed by atoms with Crippen LogP contribution in [-0.4, -0.2) is 50.7 Å². The predicted molar refractivity (Wildman–Crippen MR) is 70.6 cm³/mol. The van der Waals surface area contributed by atoms with Gasteiger partial charge in [0.15, 0.2) is 0 Å². The summed E-state index contributed by atoms with van der Waals surface area (Å²) in [5.41, 5.74) is 0. The number of aromatic nitrogens is 2. The molecule has 17 heavy (non-hydrogen) atoms. The van der Waals surface area contributed by atoms with Crippen LogP contribution >= 0.6 is 0 Å². The van der Waals surface area contributed by atoms with Gasteiger partial charge in [-0.3, -0.25) is 0 Å². The van der Waals surface area contributed by atoms with Crippen LogP contribution in [0.15, 0.2) is 12.4 Å². The van der Waals surface area contributed by atoms with Gasteiger partial charge in [0.05, 0.1) is 0 Å². The lowest BCUT2D eigenvalue weighted by Crippen LogP contribution is -2.27. The summed E-state index contributed by atoms with van der Waals surface area (Å²) < 4.78 is 0. The average Bonchev–Trinajstić information content (AvgIpc) is 2.82. The van der Waals surface area contributed by atoms with Crippen molar-refractivity contribution in [1.82, 2.24) is 15.3 Å². The van der Waals surface area contributed by atoms with E-state index in [2.05, 4.69) is 27.2 Å². The fourth-order valence-electron chi connectivity index (χ4n) is 2.14. The van der Waals surface area contributed by atoms with Crippen LogP contribution < -0.4 is 15.1 Å². The van der Waals surface area contributed by atoms with Gasteiger partial charge in [0.25, 0.3) is 0 Å². The van der Waals surface area contributed by atoms with E-state index in [4.69, 9.17) is 0 Å². The first-order valence-corrected chi connectivity index (χ1v) is 6.08. The Morgan fingerprint density at radius 1 is 1.29 bits per heavy atom. The lowest BCUT2D eigenvalue weighted by Gasteiger charge is -2.22. The molecule has 0 amide bonds. The van der Waals surface area contributed by atoms with E-state index in [9.17, 15) is 0 Å². The second kappa shape index (κ2) is 5.31. The van der Waals surface area contributed by atoms with Gasteiger partial charge in [-0.1, -0.05) is 0 Å². The molecule has 5 nitrogen and oxygen atoms in total. The third-order valence-electron chi connectivity index (χ3n) is 3.18. The zero-order valence-corrected chi connectivity index (χ0v) is 10.8. The molecule has 1 unspecified atom stereocenters. The van der Waals surface area contributed by atoms with Gasteiger partial charge in [0.2, 0.25) is 0 Å². The number of nitrogens with zero attached hydrogens (tertiary/aromatic N) is 4.